The molecule has 0 saturated carbocycles. The number of ether oxygens (including phenoxy) is 1. The van der Waals surface area contributed by atoms with Crippen LogP contribution >= 0.6 is 0 Å². The molecule has 7 nitrogen and oxygen atoms in total. The molecule has 0 atom stereocenters. The zero-order chi connectivity index (χ0) is 15.5. The molecule has 0 bridgehead atoms. The van der Waals surface area contributed by atoms with E-state index in [9.17, 15) is 9.59 Å². The summed E-state index contributed by atoms with van der Waals surface area (Å²) in [7, 11) is 0. The number of carbonyl (C=O) groups is 2. The fourth-order valence-electron chi connectivity index (χ4n) is 2.20. The number of hydrogen-bond donors (Lipinski definition) is 0. The van der Waals surface area contributed by atoms with Crippen LogP contribution in [0.4, 0.5) is 4.79 Å². The summed E-state index contributed by atoms with van der Waals surface area (Å²) in [5.41, 5.74) is 1.29. The summed E-state index contributed by atoms with van der Waals surface area (Å²) in [6, 6.07) is 9.58. The highest BCUT2D eigenvalue weighted by atomic mass is 16.6. The first kappa shape index (κ1) is 14.2. The van der Waals surface area contributed by atoms with Gasteiger partial charge in [0.2, 0.25) is 0 Å². The van der Waals surface area contributed by atoms with Crippen LogP contribution in [0.1, 0.15) is 29.0 Å². The number of amides is 1. The molecule has 3 rings (SSSR count). The molecule has 1 amide bonds. The largest absolute Gasteiger partial charge is 0.445 e. The standard InChI is InChI=1S/C15H16N4O3/c1-11(20)14-9-19(17-16-14)13-7-18(8-13)15(21)22-10-12-5-3-2-4-6-12/h2-6,9,13H,7-8,10H2,1H3. The van der Waals surface area contributed by atoms with E-state index in [1.54, 1.807) is 15.8 Å². The second kappa shape index (κ2) is 5.97. The van der Waals surface area contributed by atoms with E-state index in [0.29, 0.717) is 18.8 Å². The van der Waals surface area contributed by atoms with Gasteiger partial charge < -0.3 is 9.64 Å². The number of benzene rings is 1. The summed E-state index contributed by atoms with van der Waals surface area (Å²) in [5, 5.41) is 7.71. The summed E-state index contributed by atoms with van der Waals surface area (Å²) in [4.78, 5) is 24.7. The molecule has 1 aliphatic heterocycles. The molecule has 1 fully saturated rings. The van der Waals surface area contributed by atoms with Crippen molar-refractivity contribution in [3.63, 3.8) is 0 Å². The van der Waals surface area contributed by atoms with Gasteiger partial charge in [-0.1, -0.05) is 35.5 Å². The van der Waals surface area contributed by atoms with Gasteiger partial charge in [-0.25, -0.2) is 9.48 Å². The van der Waals surface area contributed by atoms with Crippen molar-refractivity contribution in [3.8, 4) is 0 Å². The predicted molar refractivity (Wildman–Crippen MR) is 77.3 cm³/mol. The third-order valence-corrected chi connectivity index (χ3v) is 3.57. The fraction of sp³-hybridized carbons (Fsp3) is 0.333. The number of carbonyl (C=O) groups excluding carboxylic acids is 2. The van der Waals surface area contributed by atoms with Gasteiger partial charge in [-0.2, -0.15) is 0 Å². The zero-order valence-corrected chi connectivity index (χ0v) is 12.2. The highest BCUT2D eigenvalue weighted by Gasteiger charge is 2.34. The molecule has 22 heavy (non-hydrogen) atoms. The minimum atomic E-state index is -0.341. The second-order valence-electron chi connectivity index (χ2n) is 5.24. The van der Waals surface area contributed by atoms with Crippen LogP contribution in [0.25, 0.3) is 0 Å². The molecule has 0 spiro atoms. The summed E-state index contributed by atoms with van der Waals surface area (Å²) in [5.74, 6) is -0.121. The normalized spacial score (nSPS) is 14.5. The molecule has 1 aromatic heterocycles. The van der Waals surface area contributed by atoms with Gasteiger partial charge in [0.05, 0.1) is 12.2 Å². The maximum Gasteiger partial charge on any atom is 0.410 e. The van der Waals surface area contributed by atoms with Gasteiger partial charge in [-0.15, -0.1) is 5.10 Å². The lowest BCUT2D eigenvalue weighted by molar-refractivity contribution is 0.0491. The molecular weight excluding hydrogens is 284 g/mol. The van der Waals surface area contributed by atoms with Gasteiger partial charge in [0, 0.05) is 20.0 Å². The Hall–Kier alpha value is -2.70. The molecule has 2 heterocycles. The van der Waals surface area contributed by atoms with Crippen LogP contribution in [0.15, 0.2) is 36.5 Å². The topological polar surface area (TPSA) is 77.3 Å². The molecule has 1 aliphatic rings. The van der Waals surface area contributed by atoms with E-state index in [4.69, 9.17) is 4.74 Å². The van der Waals surface area contributed by atoms with E-state index in [-0.39, 0.29) is 24.5 Å². The Morgan fingerprint density at radius 1 is 1.27 bits per heavy atom. The van der Waals surface area contributed by atoms with Crippen molar-refractivity contribution in [1.29, 1.82) is 0 Å². The van der Waals surface area contributed by atoms with Crippen LogP contribution in [-0.4, -0.2) is 44.9 Å². The van der Waals surface area contributed by atoms with E-state index >= 15 is 0 Å². The van der Waals surface area contributed by atoms with E-state index in [1.165, 1.54) is 6.92 Å². The summed E-state index contributed by atoms with van der Waals surface area (Å²) < 4.78 is 6.87. The minimum absolute atomic E-state index is 0.0462. The van der Waals surface area contributed by atoms with Crippen LogP contribution in [0.3, 0.4) is 0 Å². The van der Waals surface area contributed by atoms with Crippen molar-refractivity contribution in [2.75, 3.05) is 13.1 Å². The lowest BCUT2D eigenvalue weighted by atomic mass is 10.1. The Balaban J connectivity index is 1.48. The molecule has 1 aromatic carbocycles. The first-order valence-electron chi connectivity index (χ1n) is 7.02. The lowest BCUT2D eigenvalue weighted by Gasteiger charge is -2.37. The highest BCUT2D eigenvalue weighted by molar-refractivity contribution is 5.91. The van der Waals surface area contributed by atoms with Crippen LogP contribution in [0.2, 0.25) is 0 Å². The molecule has 0 unspecified atom stereocenters. The van der Waals surface area contributed by atoms with Crippen LogP contribution < -0.4 is 0 Å². The third-order valence-electron chi connectivity index (χ3n) is 3.57. The Kier molecular flexibility index (Phi) is 3.86. The molecule has 0 aliphatic carbocycles. The lowest BCUT2D eigenvalue weighted by Crippen LogP contribution is -2.51. The Bertz CT molecular complexity index is 677. The van der Waals surface area contributed by atoms with Crippen molar-refractivity contribution in [2.45, 2.75) is 19.6 Å². The van der Waals surface area contributed by atoms with Crippen molar-refractivity contribution >= 4 is 11.9 Å². The van der Waals surface area contributed by atoms with Crippen molar-refractivity contribution in [3.05, 3.63) is 47.8 Å². The third kappa shape index (κ3) is 2.98. The number of nitrogens with zero attached hydrogens (tertiary/aromatic N) is 4. The summed E-state index contributed by atoms with van der Waals surface area (Å²) >= 11 is 0. The van der Waals surface area contributed by atoms with E-state index in [0.717, 1.165) is 5.56 Å². The number of aromatic nitrogens is 3. The SMILES string of the molecule is CC(=O)c1cn(C2CN(C(=O)OCc3ccccc3)C2)nn1. The monoisotopic (exact) mass is 300 g/mol. The Morgan fingerprint density at radius 2 is 2.00 bits per heavy atom. The van der Waals surface area contributed by atoms with E-state index in [1.807, 2.05) is 30.3 Å². The van der Waals surface area contributed by atoms with Crippen molar-refractivity contribution in [2.24, 2.45) is 0 Å². The first-order chi connectivity index (χ1) is 10.6. The molecule has 1 saturated heterocycles. The molecule has 7 heteroatoms. The van der Waals surface area contributed by atoms with Crippen LogP contribution in [-0.2, 0) is 11.3 Å². The summed E-state index contributed by atoms with van der Waals surface area (Å²) in [6.45, 7) is 2.73. The zero-order valence-electron chi connectivity index (χ0n) is 12.2. The van der Waals surface area contributed by atoms with E-state index < -0.39 is 0 Å². The number of likely N-dealkylation sites (tertiary alicyclic amines) is 1. The van der Waals surface area contributed by atoms with Gasteiger partial charge in [-0.3, -0.25) is 4.79 Å². The maximum atomic E-state index is 11.9. The second-order valence-corrected chi connectivity index (χ2v) is 5.24. The van der Waals surface area contributed by atoms with Crippen LogP contribution in [0.5, 0.6) is 0 Å². The van der Waals surface area contributed by atoms with Gasteiger partial charge >= 0.3 is 6.09 Å². The first-order valence-corrected chi connectivity index (χ1v) is 7.02. The van der Waals surface area contributed by atoms with E-state index in [2.05, 4.69) is 10.3 Å². The molecular formula is C15H16N4O3. The Morgan fingerprint density at radius 3 is 2.64 bits per heavy atom. The average Bonchev–Trinajstić information content (AvgIpc) is 2.94. The predicted octanol–water partition coefficient (Wildman–Crippen LogP) is 1.67. The molecule has 0 radical (unpaired) electrons. The van der Waals surface area contributed by atoms with Gasteiger partial charge in [-0.05, 0) is 5.56 Å². The van der Waals surface area contributed by atoms with Crippen LogP contribution in [0, 0.1) is 0 Å². The maximum absolute atomic E-state index is 11.9. The van der Waals surface area contributed by atoms with Crippen molar-refractivity contribution in [1.82, 2.24) is 19.9 Å². The smallest absolute Gasteiger partial charge is 0.410 e. The fourth-order valence-corrected chi connectivity index (χ4v) is 2.20. The van der Waals surface area contributed by atoms with Gasteiger partial charge in [0.1, 0.15) is 12.3 Å². The number of ketones is 1. The number of rotatable bonds is 4. The molecule has 114 valence electrons. The molecule has 2 aromatic rings. The summed E-state index contributed by atoms with van der Waals surface area (Å²) in [6.07, 6.45) is 1.27. The average molecular weight is 300 g/mol. The van der Waals surface area contributed by atoms with Gasteiger partial charge in [0.25, 0.3) is 0 Å². The minimum Gasteiger partial charge on any atom is -0.445 e. The quantitative estimate of drug-likeness (QED) is 0.803. The van der Waals surface area contributed by atoms with Gasteiger partial charge in [0.15, 0.2) is 5.78 Å². The van der Waals surface area contributed by atoms with Crippen molar-refractivity contribution < 1.29 is 14.3 Å². The number of Topliss-reactive ketones (excluding diaryl/α,β-unsaturated/α-hetero) is 1. The Labute approximate surface area is 127 Å². The molecule has 0 N–H and O–H groups in total. The number of hydrogen-bond acceptors (Lipinski definition) is 5. The highest BCUT2D eigenvalue weighted by Crippen LogP contribution is 2.21.